The molecule has 0 aromatic carbocycles. The summed E-state index contributed by atoms with van der Waals surface area (Å²) in [7, 11) is 1.00. The van der Waals surface area contributed by atoms with Crippen LogP contribution in [0.4, 0.5) is 13.2 Å². The number of hydrogen-bond acceptors (Lipinski definition) is 3. The van der Waals surface area contributed by atoms with Gasteiger partial charge in [-0.1, -0.05) is 6.08 Å². The highest BCUT2D eigenvalue weighted by Gasteiger charge is 2.69. The fourth-order valence-electron chi connectivity index (χ4n) is 1.67. The van der Waals surface area contributed by atoms with Crippen molar-refractivity contribution in [2.24, 2.45) is 5.41 Å². The van der Waals surface area contributed by atoms with Gasteiger partial charge in [0.2, 0.25) is 5.91 Å². The Morgan fingerprint density at radius 2 is 1.95 bits per heavy atom. The second-order valence-electron chi connectivity index (χ2n) is 4.20. The minimum atomic E-state index is -4.55. The zero-order chi connectivity index (χ0) is 15.3. The number of nitrogens with zero attached hydrogens (tertiary/aromatic N) is 1. The van der Waals surface area contributed by atoms with Gasteiger partial charge >= 0.3 is 6.18 Å². The highest BCUT2D eigenvalue weighted by atomic mass is 19.4. The van der Waals surface area contributed by atoms with Crippen molar-refractivity contribution < 1.29 is 27.9 Å². The van der Waals surface area contributed by atoms with Gasteiger partial charge in [0.05, 0.1) is 6.04 Å². The zero-order valence-electron chi connectivity index (χ0n) is 10.9. The SMILES string of the molecule is C=CCN(C(=O)C1(C(F)(F)F)CC1)C(C)C=O.CO. The lowest BCUT2D eigenvalue weighted by Gasteiger charge is -2.30. The van der Waals surface area contributed by atoms with Crippen molar-refractivity contribution in [3.63, 3.8) is 0 Å². The van der Waals surface area contributed by atoms with E-state index in [0.29, 0.717) is 6.29 Å². The number of halogens is 3. The molecule has 19 heavy (non-hydrogen) atoms. The number of aliphatic hydroxyl groups is 1. The second-order valence-corrected chi connectivity index (χ2v) is 4.20. The van der Waals surface area contributed by atoms with E-state index in [1.54, 1.807) is 0 Å². The summed E-state index contributed by atoms with van der Waals surface area (Å²) < 4.78 is 38.3. The van der Waals surface area contributed by atoms with Gasteiger partial charge in [0.1, 0.15) is 11.7 Å². The number of aldehydes is 1. The quantitative estimate of drug-likeness (QED) is 0.614. The largest absolute Gasteiger partial charge is 0.403 e. The average Bonchev–Trinajstić information content (AvgIpc) is 3.17. The van der Waals surface area contributed by atoms with Crippen molar-refractivity contribution in [3.05, 3.63) is 12.7 Å². The fraction of sp³-hybridized carbons (Fsp3) is 0.667. The van der Waals surface area contributed by atoms with Gasteiger partial charge in [0.25, 0.3) is 0 Å². The summed E-state index contributed by atoms with van der Waals surface area (Å²) in [4.78, 5) is 23.4. The number of hydrogen-bond donors (Lipinski definition) is 1. The molecule has 1 unspecified atom stereocenters. The molecule has 1 saturated carbocycles. The summed E-state index contributed by atoms with van der Waals surface area (Å²) in [6.07, 6.45) is -3.19. The Morgan fingerprint density at radius 1 is 1.47 bits per heavy atom. The first-order chi connectivity index (χ1) is 8.80. The number of rotatable bonds is 5. The van der Waals surface area contributed by atoms with Crippen molar-refractivity contribution in [2.45, 2.75) is 32.0 Å². The van der Waals surface area contributed by atoms with Crippen LogP contribution in [0.25, 0.3) is 0 Å². The molecule has 1 fully saturated rings. The smallest absolute Gasteiger partial charge is 0.400 e. The first-order valence-electron chi connectivity index (χ1n) is 5.69. The maximum absolute atomic E-state index is 12.8. The van der Waals surface area contributed by atoms with Crippen LogP contribution in [0.2, 0.25) is 0 Å². The van der Waals surface area contributed by atoms with Crippen LogP contribution in [0, 0.1) is 5.41 Å². The van der Waals surface area contributed by atoms with Gasteiger partial charge < -0.3 is 14.8 Å². The van der Waals surface area contributed by atoms with Crippen molar-refractivity contribution in [2.75, 3.05) is 13.7 Å². The van der Waals surface area contributed by atoms with Gasteiger partial charge in [-0.2, -0.15) is 13.2 Å². The van der Waals surface area contributed by atoms with Crippen LogP contribution in [0.15, 0.2) is 12.7 Å². The molecular formula is C12H18F3NO3. The molecule has 1 rings (SSSR count). The van der Waals surface area contributed by atoms with E-state index in [2.05, 4.69) is 6.58 Å². The summed E-state index contributed by atoms with van der Waals surface area (Å²) in [6, 6.07) is -0.875. The van der Waals surface area contributed by atoms with Crippen molar-refractivity contribution in [1.29, 1.82) is 0 Å². The van der Waals surface area contributed by atoms with Crippen molar-refractivity contribution >= 4 is 12.2 Å². The Hall–Kier alpha value is -1.37. The molecule has 0 spiro atoms. The molecule has 1 N–H and O–H groups in total. The van der Waals surface area contributed by atoms with E-state index in [1.807, 2.05) is 0 Å². The monoisotopic (exact) mass is 281 g/mol. The van der Waals surface area contributed by atoms with Crippen molar-refractivity contribution in [1.82, 2.24) is 4.90 Å². The van der Waals surface area contributed by atoms with Gasteiger partial charge in [-0.15, -0.1) is 6.58 Å². The molecule has 110 valence electrons. The third-order valence-corrected chi connectivity index (χ3v) is 2.98. The normalized spacial score (nSPS) is 17.6. The summed E-state index contributed by atoms with van der Waals surface area (Å²) in [6.45, 7) is 4.70. The molecule has 1 amide bonds. The Labute approximate surface area is 109 Å². The van der Waals surface area contributed by atoms with Crippen LogP contribution in [0.1, 0.15) is 19.8 Å². The summed E-state index contributed by atoms with van der Waals surface area (Å²) in [5, 5.41) is 7.00. The van der Waals surface area contributed by atoms with E-state index >= 15 is 0 Å². The average molecular weight is 281 g/mol. The fourth-order valence-corrected chi connectivity index (χ4v) is 1.67. The van der Waals surface area contributed by atoms with E-state index in [0.717, 1.165) is 12.0 Å². The maximum atomic E-state index is 12.8. The zero-order valence-corrected chi connectivity index (χ0v) is 10.9. The van der Waals surface area contributed by atoms with Crippen molar-refractivity contribution in [3.8, 4) is 0 Å². The molecule has 0 aliphatic heterocycles. The molecule has 1 aliphatic rings. The number of amides is 1. The molecule has 0 aromatic rings. The highest BCUT2D eigenvalue weighted by molar-refractivity contribution is 5.88. The van der Waals surface area contributed by atoms with Crippen LogP contribution in [-0.2, 0) is 9.59 Å². The van der Waals surface area contributed by atoms with Gasteiger partial charge in [-0.3, -0.25) is 4.79 Å². The number of carbonyl (C=O) groups is 2. The van der Waals surface area contributed by atoms with Gasteiger partial charge in [0, 0.05) is 13.7 Å². The molecule has 0 aromatic heterocycles. The lowest BCUT2D eigenvalue weighted by atomic mass is 10.0. The molecule has 1 aliphatic carbocycles. The highest BCUT2D eigenvalue weighted by Crippen LogP contribution is 2.58. The first kappa shape index (κ1) is 17.6. The third kappa shape index (κ3) is 3.56. The summed E-state index contributed by atoms with van der Waals surface area (Å²) >= 11 is 0. The maximum Gasteiger partial charge on any atom is 0.403 e. The predicted molar refractivity (Wildman–Crippen MR) is 63.3 cm³/mol. The molecule has 0 heterocycles. The Bertz CT molecular complexity index is 338. The minimum Gasteiger partial charge on any atom is -0.400 e. The van der Waals surface area contributed by atoms with E-state index in [4.69, 9.17) is 5.11 Å². The number of aliphatic hydroxyl groups excluding tert-OH is 1. The topological polar surface area (TPSA) is 57.6 Å². The molecule has 0 radical (unpaired) electrons. The van der Waals surface area contributed by atoms with Crippen LogP contribution in [0.3, 0.4) is 0 Å². The lowest BCUT2D eigenvalue weighted by Crippen LogP contribution is -2.48. The minimum absolute atomic E-state index is 0.0590. The summed E-state index contributed by atoms with van der Waals surface area (Å²) in [5.74, 6) is -1.02. The van der Waals surface area contributed by atoms with Crippen LogP contribution in [-0.4, -0.2) is 48.1 Å². The molecule has 4 nitrogen and oxygen atoms in total. The molecule has 0 saturated heterocycles. The standard InChI is InChI=1S/C11H14F3NO2.CH4O/c1-3-6-15(8(2)7-16)9(17)10(4-5-10)11(12,13)14;1-2/h3,7-8H,1,4-6H2,2H3;2H,1H3. The van der Waals surface area contributed by atoms with E-state index in [9.17, 15) is 22.8 Å². The molecule has 1 atom stereocenters. The van der Waals surface area contributed by atoms with Crippen LogP contribution < -0.4 is 0 Å². The molecule has 7 heteroatoms. The van der Waals surface area contributed by atoms with Crippen LogP contribution >= 0.6 is 0 Å². The Balaban J connectivity index is 0.00000154. The van der Waals surface area contributed by atoms with Gasteiger partial charge in [0.15, 0.2) is 0 Å². The van der Waals surface area contributed by atoms with Gasteiger partial charge in [-0.25, -0.2) is 0 Å². The molecular weight excluding hydrogens is 263 g/mol. The number of carbonyl (C=O) groups excluding carboxylic acids is 2. The molecule has 0 bridgehead atoms. The van der Waals surface area contributed by atoms with E-state index in [1.165, 1.54) is 13.0 Å². The first-order valence-corrected chi connectivity index (χ1v) is 5.69. The Morgan fingerprint density at radius 3 is 2.21 bits per heavy atom. The summed E-state index contributed by atoms with van der Waals surface area (Å²) in [5.41, 5.74) is -2.27. The third-order valence-electron chi connectivity index (χ3n) is 2.98. The van der Waals surface area contributed by atoms with Crippen LogP contribution in [0.5, 0.6) is 0 Å². The van der Waals surface area contributed by atoms with Gasteiger partial charge in [-0.05, 0) is 19.8 Å². The number of alkyl halides is 3. The lowest BCUT2D eigenvalue weighted by molar-refractivity contribution is -0.199. The predicted octanol–water partition coefficient (Wildman–Crippen LogP) is 1.54. The second kappa shape index (κ2) is 6.70. The Kier molecular flexibility index (Phi) is 6.21. The van der Waals surface area contributed by atoms with E-state index in [-0.39, 0.29) is 19.4 Å². The van der Waals surface area contributed by atoms with E-state index < -0.39 is 23.5 Å².